The predicted octanol–water partition coefficient (Wildman–Crippen LogP) is 11.6. The van der Waals surface area contributed by atoms with Gasteiger partial charge in [-0.25, -0.2) is 9.59 Å². The van der Waals surface area contributed by atoms with E-state index in [9.17, 15) is 30.3 Å². The number of hydrogen-bond donors (Lipinski definition) is 2. The van der Waals surface area contributed by atoms with Crippen molar-refractivity contribution in [1.29, 1.82) is 10.5 Å². The molecule has 0 saturated heterocycles. The van der Waals surface area contributed by atoms with Gasteiger partial charge in [-0.2, -0.15) is 10.5 Å². The van der Waals surface area contributed by atoms with Crippen molar-refractivity contribution >= 4 is 46.8 Å². The molecule has 6 aromatic rings. The number of aliphatic carboxylic acids is 2. The number of benzene rings is 6. The van der Waals surface area contributed by atoms with Crippen LogP contribution in [0, 0.1) is 22.7 Å². The molecule has 0 heterocycles. The van der Waals surface area contributed by atoms with Crippen LogP contribution in [0.4, 0.5) is 22.7 Å². The fourth-order valence-electron chi connectivity index (χ4n) is 8.13. The molecule has 1 fully saturated rings. The van der Waals surface area contributed by atoms with E-state index in [1.807, 2.05) is 84.9 Å². The highest BCUT2D eigenvalue weighted by atomic mass is 16.4. The van der Waals surface area contributed by atoms with Crippen molar-refractivity contribution in [3.8, 4) is 12.1 Å². The summed E-state index contributed by atoms with van der Waals surface area (Å²) in [5.74, 6) is -2.50. The first kappa shape index (κ1) is 40.5. The minimum Gasteiger partial charge on any atom is -0.477 e. The lowest BCUT2D eigenvalue weighted by molar-refractivity contribution is -0.133. The highest BCUT2D eigenvalue weighted by Gasteiger charge is 2.36. The summed E-state index contributed by atoms with van der Waals surface area (Å²) in [6, 6.07) is 57.1. The summed E-state index contributed by atoms with van der Waals surface area (Å²) in [7, 11) is 0. The van der Waals surface area contributed by atoms with Crippen molar-refractivity contribution in [3.05, 3.63) is 202 Å². The molecule has 0 aliphatic heterocycles. The normalized spacial score (nSPS) is 13.7. The maximum atomic E-state index is 11.4. The zero-order chi connectivity index (χ0) is 41.9. The summed E-state index contributed by atoms with van der Waals surface area (Å²) < 4.78 is 0. The van der Waals surface area contributed by atoms with Gasteiger partial charge in [-0.1, -0.05) is 128 Å². The molecular formula is C52H44N4O4. The summed E-state index contributed by atoms with van der Waals surface area (Å²) in [6.07, 6.45) is 8.32. The number of carboxylic acids is 2. The quantitative estimate of drug-likeness (QED) is 0.0824. The summed E-state index contributed by atoms with van der Waals surface area (Å²) >= 11 is 0. The molecule has 296 valence electrons. The van der Waals surface area contributed by atoms with E-state index in [2.05, 4.69) is 82.6 Å². The van der Waals surface area contributed by atoms with E-state index in [0.29, 0.717) is 24.2 Å². The smallest absolute Gasteiger partial charge is 0.346 e. The topological polar surface area (TPSA) is 129 Å². The van der Waals surface area contributed by atoms with Gasteiger partial charge in [0.25, 0.3) is 0 Å². The standard InChI is InChI=1S/C52H44N4O4/c53-34-42(50(57)58)32-38-14-22-46(23-15-38)55(36-40-10-4-1-5-11-40)48-26-18-44(19-27-48)52(30-8-3-9-31-52)45-20-28-49(29-21-45)56(37-41-12-6-2-7-13-41)47-24-16-39(17-25-47)33-43(35-54)51(59)60/h1-2,4-7,10-29,32-33H,3,8-9,30-31,36-37H2,(H,57,58)(H,59,60)/b42-32-,43-33-. The minimum absolute atomic E-state index is 0.156. The number of anilines is 4. The average molecular weight is 789 g/mol. The highest BCUT2D eigenvalue weighted by Crippen LogP contribution is 2.46. The molecule has 7 rings (SSSR count). The van der Waals surface area contributed by atoms with E-state index in [-0.39, 0.29) is 16.6 Å². The minimum atomic E-state index is -1.25. The second-order valence-corrected chi connectivity index (χ2v) is 15.0. The lowest BCUT2D eigenvalue weighted by atomic mass is 9.65. The molecule has 1 aliphatic rings. The molecule has 0 aromatic heterocycles. The van der Waals surface area contributed by atoms with Crippen molar-refractivity contribution in [2.45, 2.75) is 50.6 Å². The number of carbonyl (C=O) groups is 2. The van der Waals surface area contributed by atoms with Gasteiger partial charge in [0.05, 0.1) is 0 Å². The Kier molecular flexibility index (Phi) is 12.6. The largest absolute Gasteiger partial charge is 0.477 e. The Morgan fingerprint density at radius 1 is 0.500 bits per heavy atom. The van der Waals surface area contributed by atoms with Crippen LogP contribution in [0.3, 0.4) is 0 Å². The molecule has 8 heteroatoms. The van der Waals surface area contributed by atoms with Crippen LogP contribution in [0.25, 0.3) is 12.2 Å². The second-order valence-electron chi connectivity index (χ2n) is 15.0. The van der Waals surface area contributed by atoms with Gasteiger partial charge in [0.15, 0.2) is 0 Å². The highest BCUT2D eigenvalue weighted by molar-refractivity contribution is 5.97. The summed E-state index contributed by atoms with van der Waals surface area (Å²) in [6.45, 7) is 1.26. The van der Waals surface area contributed by atoms with Crippen LogP contribution in [0.1, 0.15) is 65.5 Å². The maximum absolute atomic E-state index is 11.4. The third kappa shape index (κ3) is 9.37. The lowest BCUT2D eigenvalue weighted by Crippen LogP contribution is -2.30. The maximum Gasteiger partial charge on any atom is 0.346 e. The fourth-order valence-corrected chi connectivity index (χ4v) is 8.13. The van der Waals surface area contributed by atoms with E-state index in [1.54, 1.807) is 12.1 Å². The molecule has 8 nitrogen and oxygen atoms in total. The van der Waals surface area contributed by atoms with Crippen LogP contribution >= 0.6 is 0 Å². The van der Waals surface area contributed by atoms with Crippen LogP contribution in [-0.4, -0.2) is 22.2 Å². The molecule has 6 aromatic carbocycles. The van der Waals surface area contributed by atoms with Crippen molar-refractivity contribution in [2.75, 3.05) is 9.80 Å². The first-order valence-corrected chi connectivity index (χ1v) is 20.0. The molecule has 0 atom stereocenters. The van der Waals surface area contributed by atoms with Gasteiger partial charge in [0, 0.05) is 41.3 Å². The van der Waals surface area contributed by atoms with Gasteiger partial charge in [-0.05, 0) is 107 Å². The zero-order valence-corrected chi connectivity index (χ0v) is 33.1. The Bertz CT molecular complexity index is 2390. The molecule has 0 spiro atoms. The first-order valence-electron chi connectivity index (χ1n) is 20.0. The number of nitriles is 2. The summed E-state index contributed by atoms with van der Waals surface area (Å²) in [5.41, 5.74) is 9.28. The Balaban J connectivity index is 1.20. The van der Waals surface area contributed by atoms with Gasteiger partial charge >= 0.3 is 11.9 Å². The Hall–Kier alpha value is -7.68. The van der Waals surface area contributed by atoms with Crippen LogP contribution in [0.2, 0.25) is 0 Å². The van der Waals surface area contributed by atoms with Crippen molar-refractivity contribution < 1.29 is 19.8 Å². The van der Waals surface area contributed by atoms with Gasteiger partial charge in [0.2, 0.25) is 0 Å². The molecule has 0 unspecified atom stereocenters. The Morgan fingerprint density at radius 3 is 1.15 bits per heavy atom. The monoisotopic (exact) mass is 788 g/mol. The van der Waals surface area contributed by atoms with E-state index < -0.39 is 11.9 Å². The third-order valence-corrected chi connectivity index (χ3v) is 11.3. The second kappa shape index (κ2) is 18.7. The number of rotatable bonds is 14. The summed E-state index contributed by atoms with van der Waals surface area (Å²) in [5, 5.41) is 37.2. The van der Waals surface area contributed by atoms with Crippen LogP contribution in [0.15, 0.2) is 169 Å². The Labute approximate surface area is 350 Å². The predicted molar refractivity (Wildman–Crippen MR) is 237 cm³/mol. The van der Waals surface area contributed by atoms with Crippen LogP contribution in [-0.2, 0) is 28.1 Å². The molecule has 1 aliphatic carbocycles. The number of nitrogens with zero attached hydrogens (tertiary/aromatic N) is 4. The van der Waals surface area contributed by atoms with Gasteiger partial charge in [-0.3, -0.25) is 0 Å². The molecular weight excluding hydrogens is 745 g/mol. The molecule has 1 saturated carbocycles. The SMILES string of the molecule is N#C/C(=C/c1ccc(N(Cc2ccccc2)c2ccc(C3(c4ccc(N(Cc5ccccc5)c5ccc(/C=C(/C#N)C(=O)O)cc5)cc4)CCCCC3)cc2)cc1)C(=O)O. The van der Waals surface area contributed by atoms with Crippen LogP contribution in [0.5, 0.6) is 0 Å². The number of carboxylic acid groups (broad SMARTS) is 2. The van der Waals surface area contributed by atoms with E-state index in [0.717, 1.165) is 59.6 Å². The van der Waals surface area contributed by atoms with Crippen molar-refractivity contribution in [2.24, 2.45) is 0 Å². The van der Waals surface area contributed by atoms with Crippen molar-refractivity contribution in [1.82, 2.24) is 0 Å². The average Bonchev–Trinajstić information content (AvgIpc) is 3.30. The first-order chi connectivity index (χ1) is 29.3. The molecule has 0 bridgehead atoms. The number of hydrogen-bond acceptors (Lipinski definition) is 6. The van der Waals surface area contributed by atoms with E-state index in [4.69, 9.17) is 0 Å². The van der Waals surface area contributed by atoms with Gasteiger partial charge < -0.3 is 20.0 Å². The molecule has 0 radical (unpaired) electrons. The molecule has 2 N–H and O–H groups in total. The van der Waals surface area contributed by atoms with Gasteiger partial charge in [0.1, 0.15) is 23.3 Å². The summed E-state index contributed by atoms with van der Waals surface area (Å²) in [4.78, 5) is 27.4. The van der Waals surface area contributed by atoms with Crippen molar-refractivity contribution in [3.63, 3.8) is 0 Å². The van der Waals surface area contributed by atoms with E-state index >= 15 is 0 Å². The molecule has 60 heavy (non-hydrogen) atoms. The van der Waals surface area contributed by atoms with Gasteiger partial charge in [-0.15, -0.1) is 0 Å². The lowest BCUT2D eigenvalue weighted by Gasteiger charge is -2.39. The third-order valence-electron chi connectivity index (χ3n) is 11.3. The zero-order valence-electron chi connectivity index (χ0n) is 33.1. The van der Waals surface area contributed by atoms with E-state index in [1.165, 1.54) is 29.7 Å². The Morgan fingerprint density at radius 2 is 0.833 bits per heavy atom. The van der Waals surface area contributed by atoms with Crippen LogP contribution < -0.4 is 9.80 Å². The fraction of sp³-hybridized carbons (Fsp3) is 0.154. The molecule has 0 amide bonds.